The molecule has 0 bridgehead atoms. The number of likely N-dealkylation sites (tertiary alicyclic amines) is 1. The molecular formula is C23H24ClN3O4. The van der Waals surface area contributed by atoms with Crippen LogP contribution >= 0.6 is 11.6 Å². The number of carbonyl (C=O) groups is 1. The van der Waals surface area contributed by atoms with Crippen LogP contribution in [0.25, 0.3) is 11.4 Å². The van der Waals surface area contributed by atoms with Crippen molar-refractivity contribution in [2.24, 2.45) is 0 Å². The van der Waals surface area contributed by atoms with Crippen LogP contribution in [0.1, 0.15) is 36.8 Å². The third kappa shape index (κ3) is 4.66. The zero-order valence-corrected chi connectivity index (χ0v) is 18.3. The van der Waals surface area contributed by atoms with Gasteiger partial charge in [-0.1, -0.05) is 16.8 Å². The van der Waals surface area contributed by atoms with E-state index in [1.54, 1.807) is 26.4 Å². The van der Waals surface area contributed by atoms with Crippen molar-refractivity contribution in [1.82, 2.24) is 15.0 Å². The van der Waals surface area contributed by atoms with Gasteiger partial charge in [0.25, 0.3) is 0 Å². The molecular weight excluding hydrogens is 418 g/mol. The van der Waals surface area contributed by atoms with E-state index in [4.69, 9.17) is 25.6 Å². The second-order valence-corrected chi connectivity index (χ2v) is 7.81. The fourth-order valence-electron chi connectivity index (χ4n) is 3.91. The number of hydrogen-bond acceptors (Lipinski definition) is 6. The highest BCUT2D eigenvalue weighted by Gasteiger charge is 2.32. The Kier molecular flexibility index (Phi) is 6.42. The minimum atomic E-state index is -0.0133. The van der Waals surface area contributed by atoms with Crippen LogP contribution in [0.15, 0.2) is 47.0 Å². The van der Waals surface area contributed by atoms with Gasteiger partial charge < -0.3 is 18.9 Å². The van der Waals surface area contributed by atoms with Gasteiger partial charge in [0, 0.05) is 41.6 Å². The number of rotatable bonds is 7. The first kappa shape index (κ1) is 21.2. The number of amides is 1. The SMILES string of the molecule is COc1ccc(C2CCCN2C(=O)CCc2nc(-c3ccc(Cl)cc3)no2)c(OC)c1. The Morgan fingerprint density at radius 2 is 2.00 bits per heavy atom. The van der Waals surface area contributed by atoms with Gasteiger partial charge in [0.2, 0.25) is 17.6 Å². The summed E-state index contributed by atoms with van der Waals surface area (Å²) in [4.78, 5) is 19.3. The monoisotopic (exact) mass is 441 g/mol. The summed E-state index contributed by atoms with van der Waals surface area (Å²) in [5.41, 5.74) is 1.81. The molecule has 1 aromatic heterocycles. The normalized spacial score (nSPS) is 15.8. The Balaban J connectivity index is 1.42. The number of hydrogen-bond donors (Lipinski definition) is 0. The molecule has 4 rings (SSSR count). The summed E-state index contributed by atoms with van der Waals surface area (Å²) < 4.78 is 16.2. The number of aromatic nitrogens is 2. The first-order valence-corrected chi connectivity index (χ1v) is 10.6. The quantitative estimate of drug-likeness (QED) is 0.528. The fourth-order valence-corrected chi connectivity index (χ4v) is 4.04. The van der Waals surface area contributed by atoms with Crippen molar-refractivity contribution < 1.29 is 18.8 Å². The highest BCUT2D eigenvalue weighted by atomic mass is 35.5. The Labute approximate surface area is 185 Å². The van der Waals surface area contributed by atoms with Crippen LogP contribution in [0.4, 0.5) is 0 Å². The summed E-state index contributed by atoms with van der Waals surface area (Å²) >= 11 is 5.92. The lowest BCUT2D eigenvalue weighted by atomic mass is 10.0. The maximum Gasteiger partial charge on any atom is 0.227 e. The van der Waals surface area contributed by atoms with Gasteiger partial charge in [-0.3, -0.25) is 4.79 Å². The molecule has 1 atom stereocenters. The number of benzene rings is 2. The molecule has 1 amide bonds. The lowest BCUT2D eigenvalue weighted by Gasteiger charge is -2.26. The summed E-state index contributed by atoms with van der Waals surface area (Å²) in [7, 11) is 3.25. The second kappa shape index (κ2) is 9.39. The third-order valence-electron chi connectivity index (χ3n) is 5.50. The van der Waals surface area contributed by atoms with E-state index < -0.39 is 0 Å². The van der Waals surface area contributed by atoms with Gasteiger partial charge in [-0.2, -0.15) is 4.98 Å². The summed E-state index contributed by atoms with van der Waals surface area (Å²) in [5, 5.41) is 4.66. The molecule has 1 saturated heterocycles. The van der Waals surface area contributed by atoms with E-state index in [0.717, 1.165) is 42.0 Å². The predicted octanol–water partition coefficient (Wildman–Crippen LogP) is 4.70. The molecule has 0 aliphatic carbocycles. The van der Waals surface area contributed by atoms with E-state index in [1.807, 2.05) is 35.2 Å². The van der Waals surface area contributed by atoms with Gasteiger partial charge in [0.1, 0.15) is 11.5 Å². The molecule has 8 heteroatoms. The van der Waals surface area contributed by atoms with Crippen LogP contribution in [0.5, 0.6) is 11.5 Å². The lowest BCUT2D eigenvalue weighted by Crippen LogP contribution is -2.31. The largest absolute Gasteiger partial charge is 0.497 e. The summed E-state index contributed by atoms with van der Waals surface area (Å²) in [6.45, 7) is 0.721. The molecule has 0 saturated carbocycles. The molecule has 0 radical (unpaired) electrons. The highest BCUT2D eigenvalue weighted by molar-refractivity contribution is 6.30. The van der Waals surface area contributed by atoms with E-state index in [0.29, 0.717) is 29.6 Å². The number of aryl methyl sites for hydroxylation is 1. The van der Waals surface area contributed by atoms with Crippen molar-refractivity contribution in [3.8, 4) is 22.9 Å². The van der Waals surface area contributed by atoms with Crippen molar-refractivity contribution in [2.75, 3.05) is 20.8 Å². The molecule has 1 unspecified atom stereocenters. The molecule has 1 aliphatic rings. The first-order valence-electron chi connectivity index (χ1n) is 10.2. The average molecular weight is 442 g/mol. The fraction of sp³-hybridized carbons (Fsp3) is 0.348. The Hall–Kier alpha value is -3.06. The second-order valence-electron chi connectivity index (χ2n) is 7.37. The van der Waals surface area contributed by atoms with Crippen molar-refractivity contribution in [2.45, 2.75) is 31.7 Å². The zero-order valence-electron chi connectivity index (χ0n) is 17.5. The number of ether oxygens (including phenoxy) is 2. The van der Waals surface area contributed by atoms with Gasteiger partial charge in [-0.25, -0.2) is 0 Å². The van der Waals surface area contributed by atoms with E-state index in [-0.39, 0.29) is 11.9 Å². The van der Waals surface area contributed by atoms with Crippen molar-refractivity contribution in [3.05, 3.63) is 58.9 Å². The van der Waals surface area contributed by atoms with Crippen LogP contribution < -0.4 is 9.47 Å². The third-order valence-corrected chi connectivity index (χ3v) is 5.75. The standard InChI is InChI=1S/C23H24ClN3O4/c1-29-17-9-10-18(20(14-17)30-2)19-4-3-13-27(19)22(28)12-11-21-25-23(26-31-21)15-5-7-16(24)8-6-15/h5-10,14,19H,3-4,11-13H2,1-2H3. The van der Waals surface area contributed by atoms with Gasteiger partial charge in [-0.15, -0.1) is 0 Å². The molecule has 0 N–H and O–H groups in total. The topological polar surface area (TPSA) is 77.7 Å². The number of carbonyl (C=O) groups excluding carboxylic acids is 1. The highest BCUT2D eigenvalue weighted by Crippen LogP contribution is 2.39. The lowest BCUT2D eigenvalue weighted by molar-refractivity contribution is -0.132. The Morgan fingerprint density at radius 1 is 1.19 bits per heavy atom. The average Bonchev–Trinajstić information content (AvgIpc) is 3.47. The van der Waals surface area contributed by atoms with Crippen LogP contribution in [-0.2, 0) is 11.2 Å². The molecule has 162 valence electrons. The molecule has 1 aliphatic heterocycles. The van der Waals surface area contributed by atoms with E-state index in [9.17, 15) is 4.79 Å². The van der Waals surface area contributed by atoms with Crippen molar-refractivity contribution in [1.29, 1.82) is 0 Å². The minimum Gasteiger partial charge on any atom is -0.497 e. The van der Waals surface area contributed by atoms with Gasteiger partial charge in [0.15, 0.2) is 0 Å². The zero-order chi connectivity index (χ0) is 21.8. The maximum atomic E-state index is 13.0. The smallest absolute Gasteiger partial charge is 0.227 e. The summed E-state index contributed by atoms with van der Waals surface area (Å²) in [6, 6.07) is 12.9. The number of halogens is 1. The van der Waals surface area contributed by atoms with Crippen LogP contribution in [-0.4, -0.2) is 41.7 Å². The number of methoxy groups -OCH3 is 2. The Morgan fingerprint density at radius 3 is 2.74 bits per heavy atom. The summed E-state index contributed by atoms with van der Waals surface area (Å²) in [5.74, 6) is 2.45. The minimum absolute atomic E-state index is 0.0133. The Bertz CT molecular complexity index is 1050. The molecule has 2 aromatic carbocycles. The van der Waals surface area contributed by atoms with Gasteiger partial charge in [-0.05, 0) is 49.2 Å². The maximum absolute atomic E-state index is 13.0. The molecule has 31 heavy (non-hydrogen) atoms. The van der Waals surface area contributed by atoms with E-state index in [1.165, 1.54) is 0 Å². The molecule has 3 aromatic rings. The first-order chi connectivity index (χ1) is 15.1. The van der Waals surface area contributed by atoms with E-state index >= 15 is 0 Å². The molecule has 2 heterocycles. The van der Waals surface area contributed by atoms with Crippen LogP contribution in [0, 0.1) is 0 Å². The van der Waals surface area contributed by atoms with Crippen LogP contribution in [0.3, 0.4) is 0 Å². The molecule has 0 spiro atoms. The van der Waals surface area contributed by atoms with Crippen molar-refractivity contribution >= 4 is 17.5 Å². The molecule has 1 fully saturated rings. The van der Waals surface area contributed by atoms with Crippen LogP contribution in [0.2, 0.25) is 5.02 Å². The van der Waals surface area contributed by atoms with Gasteiger partial charge in [0.05, 0.1) is 20.3 Å². The molecule has 7 nitrogen and oxygen atoms in total. The number of nitrogens with zero attached hydrogens (tertiary/aromatic N) is 3. The summed E-state index contributed by atoms with van der Waals surface area (Å²) in [6.07, 6.45) is 2.54. The van der Waals surface area contributed by atoms with Gasteiger partial charge >= 0.3 is 0 Å². The predicted molar refractivity (Wildman–Crippen MR) is 116 cm³/mol. The van der Waals surface area contributed by atoms with E-state index in [2.05, 4.69) is 10.1 Å². The van der Waals surface area contributed by atoms with Crippen molar-refractivity contribution in [3.63, 3.8) is 0 Å².